The van der Waals surface area contributed by atoms with Crippen LogP contribution < -0.4 is 3.40 Å². The van der Waals surface area contributed by atoms with Crippen molar-refractivity contribution < 1.29 is 0 Å². The van der Waals surface area contributed by atoms with Crippen LogP contribution in [0.3, 0.4) is 0 Å². The Bertz CT molecular complexity index is 2640. The van der Waals surface area contributed by atoms with Gasteiger partial charge in [-0.2, -0.15) is 0 Å². The van der Waals surface area contributed by atoms with Gasteiger partial charge in [-0.25, -0.2) is 0 Å². The molecule has 0 N–H and O–H groups in total. The Morgan fingerprint density at radius 2 is 0.978 bits per heavy atom. The van der Waals surface area contributed by atoms with Crippen molar-refractivity contribution in [1.82, 2.24) is 37.9 Å². The number of para-hydroxylation sites is 6. The van der Waals surface area contributed by atoms with Gasteiger partial charge in [0.1, 0.15) is 0 Å². The second-order valence-electron chi connectivity index (χ2n) is 11.5. The van der Waals surface area contributed by atoms with Gasteiger partial charge in [-0.15, -0.1) is 0 Å². The van der Waals surface area contributed by atoms with Crippen molar-refractivity contribution in [1.29, 1.82) is 0 Å². The molecule has 0 saturated carbocycles. The molecule has 0 aliphatic heterocycles. The molecule has 5 aromatic carbocycles. The predicted molar refractivity (Wildman–Crippen MR) is 187 cm³/mol. The van der Waals surface area contributed by atoms with Gasteiger partial charge in [-0.3, -0.25) is 0 Å². The van der Waals surface area contributed by atoms with Crippen LogP contribution in [0.15, 0.2) is 121 Å². The number of hydrogen-bond acceptors (Lipinski definition) is 4. The Labute approximate surface area is 277 Å². The van der Waals surface area contributed by atoms with E-state index in [1.54, 1.807) is 0 Å². The van der Waals surface area contributed by atoms with Gasteiger partial charge in [-0.05, 0) is 0 Å². The maximum atomic E-state index is 5.23. The number of fused-ring (bicyclic) bond motifs is 10. The quantitative estimate of drug-likeness (QED) is 0.200. The first-order valence-corrected chi connectivity index (χ1v) is 17.4. The second kappa shape index (κ2) is 9.55. The Hall–Kier alpha value is -5.40. The monoisotopic (exact) mass is 790 g/mol. The van der Waals surface area contributed by atoms with Crippen molar-refractivity contribution in [2.45, 2.75) is 6.92 Å². The number of aromatic nitrogens is 8. The zero-order valence-corrected chi connectivity index (χ0v) is 29.2. The topological polar surface area (TPSA) is 70.2 Å². The molecule has 0 amide bonds. The molecule has 0 aliphatic rings. The van der Waals surface area contributed by atoms with Crippen LogP contribution >= 0.6 is 0 Å². The first kappa shape index (κ1) is 25.9. The number of imidazole rings is 4. The van der Waals surface area contributed by atoms with Crippen LogP contribution in [0.25, 0.3) is 78.3 Å². The molecule has 0 bridgehead atoms. The molecule has 218 valence electrons. The molecule has 46 heavy (non-hydrogen) atoms. The average molecular weight is 791 g/mol. The molecule has 10 aromatic rings. The summed E-state index contributed by atoms with van der Waals surface area (Å²) >= 11 is 0.560. The second-order valence-corrected chi connectivity index (χ2v) is 13.8. The SMILES string of the molecule is Cc1n[c]([BiH2])cc(-c2c3c(cc4c2n(-c2ccccc2)c2nc5ccccc5n42)n2c4ccccc4nc2n3-c2ccccc2)n1. The number of nitrogens with zero attached hydrogens (tertiary/aromatic N) is 8. The van der Waals surface area contributed by atoms with Crippen molar-refractivity contribution in [2.75, 3.05) is 0 Å². The van der Waals surface area contributed by atoms with Crippen LogP contribution in [0.2, 0.25) is 0 Å². The van der Waals surface area contributed by atoms with Crippen molar-refractivity contribution in [3.8, 4) is 22.6 Å². The van der Waals surface area contributed by atoms with Gasteiger partial charge in [0.2, 0.25) is 0 Å². The van der Waals surface area contributed by atoms with E-state index >= 15 is 0 Å². The Balaban J connectivity index is 1.56. The summed E-state index contributed by atoms with van der Waals surface area (Å²) in [6.07, 6.45) is 0. The van der Waals surface area contributed by atoms with Crippen molar-refractivity contribution in [3.05, 3.63) is 127 Å². The van der Waals surface area contributed by atoms with E-state index in [4.69, 9.17) is 19.9 Å². The van der Waals surface area contributed by atoms with Gasteiger partial charge in [0, 0.05) is 0 Å². The number of rotatable bonds is 3. The minimum absolute atomic E-state index is 0.560. The van der Waals surface area contributed by atoms with Crippen molar-refractivity contribution in [3.63, 3.8) is 0 Å². The van der Waals surface area contributed by atoms with Gasteiger partial charge in [0.25, 0.3) is 0 Å². The molecule has 0 unspecified atom stereocenters. The summed E-state index contributed by atoms with van der Waals surface area (Å²) in [4.78, 5) is 20.3. The summed E-state index contributed by atoms with van der Waals surface area (Å²) in [6, 6.07) is 42.2. The molecule has 5 heterocycles. The molecule has 10 rings (SSSR count). The van der Waals surface area contributed by atoms with E-state index in [-0.39, 0.29) is 0 Å². The van der Waals surface area contributed by atoms with Gasteiger partial charge >= 0.3 is 278 Å². The van der Waals surface area contributed by atoms with Gasteiger partial charge in [-0.1, -0.05) is 0 Å². The summed E-state index contributed by atoms with van der Waals surface area (Å²) in [5.41, 5.74) is 12.2. The third-order valence-corrected chi connectivity index (χ3v) is 9.94. The summed E-state index contributed by atoms with van der Waals surface area (Å²) in [7, 11) is 0. The summed E-state index contributed by atoms with van der Waals surface area (Å²) in [6.45, 7) is 1.99. The van der Waals surface area contributed by atoms with Crippen molar-refractivity contribution >= 4 is 83.8 Å². The fourth-order valence-electron chi connectivity index (χ4n) is 7.03. The van der Waals surface area contributed by atoms with Crippen LogP contribution in [0.5, 0.6) is 0 Å². The van der Waals surface area contributed by atoms with E-state index in [9.17, 15) is 0 Å². The number of hydrogen-bond donors (Lipinski definition) is 0. The molecule has 0 fully saturated rings. The Morgan fingerprint density at radius 1 is 0.500 bits per heavy atom. The average Bonchev–Trinajstić information content (AvgIpc) is 3.80. The van der Waals surface area contributed by atoms with Gasteiger partial charge in [0.05, 0.1) is 0 Å². The number of aryl methyl sites for hydroxylation is 1. The summed E-state index contributed by atoms with van der Waals surface area (Å²) in [5.74, 6) is 2.47. The van der Waals surface area contributed by atoms with E-state index in [1.165, 1.54) is 0 Å². The van der Waals surface area contributed by atoms with Crippen LogP contribution in [-0.2, 0) is 0 Å². The van der Waals surface area contributed by atoms with Crippen LogP contribution in [-0.4, -0.2) is 62.6 Å². The molecule has 5 aromatic heterocycles. The van der Waals surface area contributed by atoms with Crippen LogP contribution in [0.4, 0.5) is 0 Å². The Kier molecular flexibility index (Phi) is 5.37. The standard InChI is InChI=1S/C37H23N8.Bi.2H/c1-23-38-21-20-28(39-23)33-34-31(44-29-18-10-8-16-26(29)40-36(44)42(34)24-12-4-2-5-13-24)22-32-35(33)43(25-14-6-3-7-15-25)37-41-27-17-9-11-19-30(27)45(32)37;;;/h2-20,22H,1H3;;;. The zero-order chi connectivity index (χ0) is 30.5. The van der Waals surface area contributed by atoms with E-state index in [2.05, 4.69) is 127 Å². The predicted octanol–water partition coefficient (Wildman–Crippen LogP) is 6.20. The molecule has 0 atom stereocenters. The van der Waals surface area contributed by atoms with Crippen LogP contribution in [0.1, 0.15) is 5.82 Å². The first-order valence-electron chi connectivity index (χ1n) is 15.1. The third kappa shape index (κ3) is 3.52. The third-order valence-electron chi connectivity index (χ3n) is 8.79. The molecule has 0 spiro atoms. The summed E-state index contributed by atoms with van der Waals surface area (Å²) < 4.78 is 10.2. The molecular weight excluding hydrogens is 765 g/mol. The fraction of sp³-hybridized carbons (Fsp3) is 0.0270. The fourth-order valence-corrected chi connectivity index (χ4v) is 8.37. The maximum absolute atomic E-state index is 5.23. The van der Waals surface area contributed by atoms with Gasteiger partial charge < -0.3 is 0 Å². The molecule has 9 heteroatoms. The minimum atomic E-state index is 0.560. The molecule has 0 saturated heterocycles. The molecule has 0 aliphatic carbocycles. The van der Waals surface area contributed by atoms with Gasteiger partial charge in [0.15, 0.2) is 0 Å². The Morgan fingerprint density at radius 3 is 1.48 bits per heavy atom. The molecular formula is C37H25BiN8. The normalized spacial score (nSPS) is 12.1. The zero-order valence-electron chi connectivity index (χ0n) is 24.7. The van der Waals surface area contributed by atoms with E-state index in [0.29, 0.717) is 24.7 Å². The van der Waals surface area contributed by atoms with E-state index in [0.717, 1.165) is 87.5 Å². The molecule has 0 radical (unpaired) electrons. The summed E-state index contributed by atoms with van der Waals surface area (Å²) in [5, 5.41) is 0. The van der Waals surface area contributed by atoms with E-state index < -0.39 is 0 Å². The van der Waals surface area contributed by atoms with Crippen LogP contribution in [0, 0.1) is 6.92 Å². The van der Waals surface area contributed by atoms with Crippen molar-refractivity contribution in [2.24, 2.45) is 0 Å². The first-order chi connectivity index (χ1) is 22.7. The number of benzene rings is 5. The molecule has 8 nitrogen and oxygen atoms in total. The van der Waals surface area contributed by atoms with E-state index in [1.807, 2.05) is 19.1 Å².